The van der Waals surface area contributed by atoms with E-state index in [1.807, 2.05) is 12.1 Å². The van der Waals surface area contributed by atoms with Gasteiger partial charge in [0, 0.05) is 10.7 Å². The molecule has 4 rings (SSSR count). The second kappa shape index (κ2) is 11.4. The van der Waals surface area contributed by atoms with Gasteiger partial charge in [-0.1, -0.05) is 96.0 Å². The van der Waals surface area contributed by atoms with Crippen LogP contribution in [0.3, 0.4) is 0 Å². The quantitative estimate of drug-likeness (QED) is 0.201. The summed E-state index contributed by atoms with van der Waals surface area (Å²) in [6.07, 6.45) is 0. The molecule has 0 spiro atoms. The molecule has 0 saturated carbocycles. The van der Waals surface area contributed by atoms with Crippen LogP contribution in [-0.2, 0) is 10.4 Å². The molecule has 4 aromatic rings. The molecule has 6 nitrogen and oxygen atoms in total. The van der Waals surface area contributed by atoms with E-state index in [4.69, 9.17) is 23.2 Å². The minimum atomic E-state index is -1.93. The van der Waals surface area contributed by atoms with E-state index in [-0.39, 0.29) is 10.9 Å². The highest BCUT2D eigenvalue weighted by molar-refractivity contribution is 6.37. The Morgan fingerprint density at radius 1 is 0.811 bits per heavy atom. The van der Waals surface area contributed by atoms with E-state index >= 15 is 0 Å². The van der Waals surface area contributed by atoms with E-state index in [2.05, 4.69) is 15.8 Å². The number of carbonyl (C=O) groups is 2. The van der Waals surface area contributed by atoms with Gasteiger partial charge in [-0.2, -0.15) is 5.10 Å². The molecule has 0 fully saturated rings. The van der Waals surface area contributed by atoms with E-state index in [1.54, 1.807) is 91.9 Å². The maximum Gasteiger partial charge on any atom is 0.281 e. The highest BCUT2D eigenvalue weighted by Gasteiger charge is 2.39. The van der Waals surface area contributed by atoms with E-state index in [1.165, 1.54) is 6.07 Å². The largest absolute Gasteiger partial charge is 0.372 e. The third-order valence-corrected chi connectivity index (χ3v) is 6.32. The van der Waals surface area contributed by atoms with Crippen LogP contribution in [-0.4, -0.2) is 22.6 Å². The standard InChI is InChI=1S/C29H23Cl2N3O3/c1-19(20-12-15-24(16-13-20)32-27(35)25-17-14-23(30)18-26(25)31)33-34-28(36)29(37,21-8-4-2-5-9-21)22-10-6-3-7-11-22/h2-18,37H,1H3,(H,32,35)(H,34,36). The number of aliphatic hydroxyl groups is 1. The highest BCUT2D eigenvalue weighted by atomic mass is 35.5. The first-order chi connectivity index (χ1) is 17.8. The number of carbonyl (C=O) groups excluding carboxylic acids is 2. The Labute approximate surface area is 224 Å². The lowest BCUT2D eigenvalue weighted by Gasteiger charge is -2.27. The van der Waals surface area contributed by atoms with Crippen molar-refractivity contribution in [2.24, 2.45) is 5.10 Å². The van der Waals surface area contributed by atoms with Gasteiger partial charge in [-0.15, -0.1) is 0 Å². The average Bonchev–Trinajstić information content (AvgIpc) is 2.92. The predicted molar refractivity (Wildman–Crippen MR) is 147 cm³/mol. The van der Waals surface area contributed by atoms with Crippen molar-refractivity contribution in [3.05, 3.63) is 135 Å². The Balaban J connectivity index is 1.49. The minimum absolute atomic E-state index is 0.256. The number of hydrazone groups is 1. The minimum Gasteiger partial charge on any atom is -0.372 e. The summed E-state index contributed by atoms with van der Waals surface area (Å²) in [7, 11) is 0. The van der Waals surface area contributed by atoms with Crippen LogP contribution in [0.2, 0.25) is 10.0 Å². The number of anilines is 1. The zero-order chi connectivity index (χ0) is 26.4. The number of hydrogen-bond acceptors (Lipinski definition) is 4. The first-order valence-corrected chi connectivity index (χ1v) is 12.1. The second-order valence-corrected chi connectivity index (χ2v) is 9.08. The van der Waals surface area contributed by atoms with Crippen molar-refractivity contribution >= 4 is 46.4 Å². The number of amides is 2. The summed E-state index contributed by atoms with van der Waals surface area (Å²) in [5, 5.41) is 19.2. The number of hydrogen-bond donors (Lipinski definition) is 3. The van der Waals surface area contributed by atoms with Crippen molar-refractivity contribution in [1.82, 2.24) is 5.43 Å². The number of benzene rings is 4. The molecule has 2 amide bonds. The highest BCUT2D eigenvalue weighted by Crippen LogP contribution is 2.30. The van der Waals surface area contributed by atoms with Crippen LogP contribution in [0.25, 0.3) is 0 Å². The fraction of sp³-hybridized carbons (Fsp3) is 0.0690. The Morgan fingerprint density at radius 3 is 1.92 bits per heavy atom. The van der Waals surface area contributed by atoms with Crippen molar-refractivity contribution in [3.63, 3.8) is 0 Å². The Morgan fingerprint density at radius 2 is 1.38 bits per heavy atom. The van der Waals surface area contributed by atoms with Gasteiger partial charge in [0.05, 0.1) is 16.3 Å². The molecule has 0 bridgehead atoms. The Hall–Kier alpha value is -3.97. The summed E-state index contributed by atoms with van der Waals surface area (Å²) in [5.41, 5.74) is 3.50. The maximum absolute atomic E-state index is 13.2. The molecule has 0 aliphatic heterocycles. The van der Waals surface area contributed by atoms with Gasteiger partial charge < -0.3 is 10.4 Å². The number of halogens is 2. The number of rotatable bonds is 7. The molecule has 0 unspecified atom stereocenters. The number of nitrogens with one attached hydrogen (secondary N) is 2. The van der Waals surface area contributed by atoms with Gasteiger partial charge in [-0.25, -0.2) is 5.43 Å². The van der Waals surface area contributed by atoms with Crippen LogP contribution in [0.5, 0.6) is 0 Å². The molecule has 8 heteroatoms. The van der Waals surface area contributed by atoms with Crippen molar-refractivity contribution in [1.29, 1.82) is 0 Å². The normalized spacial score (nSPS) is 11.6. The van der Waals surface area contributed by atoms with Crippen LogP contribution in [0.4, 0.5) is 5.69 Å². The molecular formula is C29H23Cl2N3O3. The molecule has 4 aromatic carbocycles. The molecule has 0 atom stereocenters. The monoisotopic (exact) mass is 531 g/mol. The summed E-state index contributed by atoms with van der Waals surface area (Å²) in [5.74, 6) is -1.05. The third kappa shape index (κ3) is 5.89. The molecule has 0 aliphatic carbocycles. The van der Waals surface area contributed by atoms with Crippen molar-refractivity contribution in [3.8, 4) is 0 Å². The topological polar surface area (TPSA) is 90.8 Å². The smallest absolute Gasteiger partial charge is 0.281 e. The maximum atomic E-state index is 13.2. The summed E-state index contributed by atoms with van der Waals surface area (Å²) in [6.45, 7) is 1.73. The lowest BCUT2D eigenvalue weighted by molar-refractivity contribution is -0.136. The molecule has 3 N–H and O–H groups in total. The summed E-state index contributed by atoms with van der Waals surface area (Å²) in [6, 6.07) is 29.0. The summed E-state index contributed by atoms with van der Waals surface area (Å²) >= 11 is 12.0. The SMILES string of the molecule is CC(=NNC(=O)C(O)(c1ccccc1)c1ccccc1)c1ccc(NC(=O)c2ccc(Cl)cc2Cl)cc1. The zero-order valence-corrected chi connectivity index (χ0v) is 21.3. The van der Waals surface area contributed by atoms with Crippen LogP contribution in [0.1, 0.15) is 34.0 Å². The van der Waals surface area contributed by atoms with E-state index < -0.39 is 11.5 Å². The van der Waals surface area contributed by atoms with Gasteiger partial charge in [0.2, 0.25) is 0 Å². The van der Waals surface area contributed by atoms with Crippen molar-refractivity contribution < 1.29 is 14.7 Å². The molecule has 0 radical (unpaired) electrons. The molecular weight excluding hydrogens is 509 g/mol. The summed E-state index contributed by atoms with van der Waals surface area (Å²) < 4.78 is 0. The fourth-order valence-electron chi connectivity index (χ4n) is 3.73. The van der Waals surface area contributed by atoms with E-state index in [9.17, 15) is 14.7 Å². The van der Waals surface area contributed by atoms with Gasteiger partial charge >= 0.3 is 0 Å². The molecule has 0 saturated heterocycles. The van der Waals surface area contributed by atoms with Gasteiger partial charge in [0.15, 0.2) is 5.60 Å². The van der Waals surface area contributed by atoms with Gasteiger partial charge in [-0.05, 0) is 53.9 Å². The lowest BCUT2D eigenvalue weighted by Crippen LogP contribution is -2.43. The van der Waals surface area contributed by atoms with Gasteiger partial charge in [0.1, 0.15) is 0 Å². The first-order valence-electron chi connectivity index (χ1n) is 11.3. The van der Waals surface area contributed by atoms with Crippen LogP contribution in [0.15, 0.2) is 108 Å². The van der Waals surface area contributed by atoms with Crippen molar-refractivity contribution in [2.45, 2.75) is 12.5 Å². The van der Waals surface area contributed by atoms with Crippen LogP contribution >= 0.6 is 23.2 Å². The zero-order valence-electron chi connectivity index (χ0n) is 19.8. The first kappa shape index (κ1) is 26.1. The van der Waals surface area contributed by atoms with Gasteiger partial charge in [-0.3, -0.25) is 9.59 Å². The summed E-state index contributed by atoms with van der Waals surface area (Å²) in [4.78, 5) is 25.8. The Kier molecular flexibility index (Phi) is 8.04. The fourth-order valence-corrected chi connectivity index (χ4v) is 4.23. The van der Waals surface area contributed by atoms with Crippen LogP contribution in [0, 0.1) is 0 Å². The van der Waals surface area contributed by atoms with Crippen molar-refractivity contribution in [2.75, 3.05) is 5.32 Å². The molecule has 37 heavy (non-hydrogen) atoms. The molecule has 0 aliphatic rings. The molecule has 186 valence electrons. The van der Waals surface area contributed by atoms with Gasteiger partial charge in [0.25, 0.3) is 11.8 Å². The Bertz CT molecular complexity index is 1400. The molecule has 0 heterocycles. The second-order valence-electron chi connectivity index (χ2n) is 8.24. The van der Waals surface area contributed by atoms with E-state index in [0.29, 0.717) is 38.7 Å². The lowest BCUT2D eigenvalue weighted by atomic mass is 9.85. The average molecular weight is 532 g/mol. The van der Waals surface area contributed by atoms with E-state index in [0.717, 1.165) is 0 Å². The number of nitrogens with zero attached hydrogens (tertiary/aromatic N) is 1. The third-order valence-electron chi connectivity index (χ3n) is 5.77. The molecule has 0 aromatic heterocycles. The van der Waals surface area contributed by atoms with Crippen LogP contribution < -0.4 is 10.7 Å². The predicted octanol–water partition coefficient (Wildman–Crippen LogP) is 6.02.